The molecule has 3 N–H and O–H groups in total. The predicted octanol–water partition coefficient (Wildman–Crippen LogP) is 0.349. The number of thioether (sulfide) groups is 1. The smallest absolute Gasteiger partial charge is 0.159 e. The minimum absolute atomic E-state index is 0.201. The number of benzene rings is 1. The van der Waals surface area contributed by atoms with Crippen LogP contribution in [0.3, 0.4) is 0 Å². The second-order valence-electron chi connectivity index (χ2n) is 5.70. The first-order valence-electron chi connectivity index (χ1n) is 7.74. The molecule has 0 bridgehead atoms. The molecule has 0 spiro atoms. The van der Waals surface area contributed by atoms with E-state index in [0.717, 1.165) is 11.3 Å². The number of nitrogens with zero attached hydrogens (tertiary/aromatic N) is 1. The summed E-state index contributed by atoms with van der Waals surface area (Å²) >= 11 is 1.41. The van der Waals surface area contributed by atoms with Crippen LogP contribution in [-0.2, 0) is 16.1 Å². The first kappa shape index (κ1) is 17.5. The Morgan fingerprint density at radius 3 is 2.67 bits per heavy atom. The van der Waals surface area contributed by atoms with E-state index in [-0.39, 0.29) is 18.1 Å². The largest absolute Gasteiger partial charge is 0.497 e. The Balaban J connectivity index is 1.53. The normalized spacial score (nSPS) is 34.0. The van der Waals surface area contributed by atoms with Crippen LogP contribution in [0.5, 0.6) is 5.75 Å². The number of hydrogen-bond acceptors (Lipinski definition) is 7. The zero-order valence-corrected chi connectivity index (χ0v) is 14.4. The third kappa shape index (κ3) is 3.68. The third-order valence-corrected chi connectivity index (χ3v) is 5.29. The molecule has 5 atom stereocenters. The lowest BCUT2D eigenvalue weighted by atomic mass is 9.98. The summed E-state index contributed by atoms with van der Waals surface area (Å²) in [6.45, 7) is 0.598. The van der Waals surface area contributed by atoms with Gasteiger partial charge < -0.3 is 29.7 Å². The number of amidine groups is 1. The fourth-order valence-corrected chi connectivity index (χ4v) is 3.85. The fraction of sp³-hybridized carbons (Fsp3) is 0.562. The zero-order valence-electron chi connectivity index (χ0n) is 13.6. The van der Waals surface area contributed by atoms with Gasteiger partial charge in [0.15, 0.2) is 5.17 Å². The number of aliphatic imine (C=N–C) groups is 1. The topological polar surface area (TPSA) is 92.5 Å². The lowest BCUT2D eigenvalue weighted by Crippen LogP contribution is -2.59. The van der Waals surface area contributed by atoms with Gasteiger partial charge in [-0.2, -0.15) is 0 Å². The molecule has 0 unspecified atom stereocenters. The molecule has 7 nitrogen and oxygen atoms in total. The molecular formula is C16H22N2O5S. The van der Waals surface area contributed by atoms with E-state index in [9.17, 15) is 10.2 Å². The van der Waals surface area contributed by atoms with Crippen LogP contribution in [0, 0.1) is 0 Å². The van der Waals surface area contributed by atoms with Gasteiger partial charge in [-0.25, -0.2) is 0 Å². The summed E-state index contributed by atoms with van der Waals surface area (Å²) in [6.07, 6.45) is -2.51. The van der Waals surface area contributed by atoms with Crippen molar-refractivity contribution in [3.8, 4) is 5.75 Å². The molecular weight excluding hydrogens is 332 g/mol. The highest BCUT2D eigenvalue weighted by Gasteiger charge is 2.48. The van der Waals surface area contributed by atoms with Gasteiger partial charge >= 0.3 is 0 Å². The highest BCUT2D eigenvalue weighted by Crippen LogP contribution is 2.33. The predicted molar refractivity (Wildman–Crippen MR) is 91.2 cm³/mol. The monoisotopic (exact) mass is 354 g/mol. The average molecular weight is 354 g/mol. The van der Waals surface area contributed by atoms with Crippen molar-refractivity contribution in [1.29, 1.82) is 0 Å². The van der Waals surface area contributed by atoms with Gasteiger partial charge in [-0.05, 0) is 17.7 Å². The quantitative estimate of drug-likeness (QED) is 0.703. The van der Waals surface area contributed by atoms with Gasteiger partial charge in [0.2, 0.25) is 0 Å². The molecule has 3 rings (SSSR count). The van der Waals surface area contributed by atoms with Gasteiger partial charge in [0.1, 0.15) is 29.5 Å². The molecule has 2 aliphatic heterocycles. The highest BCUT2D eigenvalue weighted by atomic mass is 32.2. The summed E-state index contributed by atoms with van der Waals surface area (Å²) in [7, 11) is 3.29. The van der Waals surface area contributed by atoms with Crippen LogP contribution in [0.15, 0.2) is 29.3 Å². The standard InChI is InChI=1S/C16H22N2O5S/c1-17-16-18-12-14(20)13(19)11(23-15(12)24-16)8-22-7-9-3-5-10(21-2)6-4-9/h3-6,11-15,19-20H,7-8H2,1-2H3,(H,17,18)/t11-,12-,13-,14-,15-/m1/s1. The van der Waals surface area contributed by atoms with E-state index >= 15 is 0 Å². The van der Waals surface area contributed by atoms with Gasteiger partial charge in [-0.3, -0.25) is 4.99 Å². The lowest BCUT2D eigenvalue weighted by molar-refractivity contribution is -0.174. The molecule has 2 aliphatic rings. The summed E-state index contributed by atoms with van der Waals surface area (Å²) in [5.41, 5.74) is 0.716. The molecule has 1 aromatic carbocycles. The maximum atomic E-state index is 10.3. The number of nitrogens with one attached hydrogen (secondary N) is 1. The minimum Gasteiger partial charge on any atom is -0.497 e. The Hall–Kier alpha value is -1.32. The molecule has 2 fully saturated rings. The van der Waals surface area contributed by atoms with Crippen LogP contribution in [0.2, 0.25) is 0 Å². The van der Waals surface area contributed by atoms with Gasteiger partial charge in [0.25, 0.3) is 0 Å². The van der Waals surface area contributed by atoms with Crippen molar-refractivity contribution in [1.82, 2.24) is 5.32 Å². The molecule has 2 saturated heterocycles. The Morgan fingerprint density at radius 2 is 2.00 bits per heavy atom. The molecule has 2 heterocycles. The van der Waals surface area contributed by atoms with Crippen molar-refractivity contribution in [2.75, 3.05) is 20.8 Å². The van der Waals surface area contributed by atoms with E-state index < -0.39 is 18.3 Å². The highest BCUT2D eigenvalue weighted by molar-refractivity contribution is 8.14. The van der Waals surface area contributed by atoms with Crippen LogP contribution in [0.4, 0.5) is 0 Å². The molecule has 0 saturated carbocycles. The molecule has 0 radical (unpaired) electrons. The Morgan fingerprint density at radius 1 is 1.25 bits per heavy atom. The first-order chi connectivity index (χ1) is 11.6. The Kier molecular flexibility index (Phi) is 5.62. The molecule has 24 heavy (non-hydrogen) atoms. The van der Waals surface area contributed by atoms with E-state index in [1.807, 2.05) is 24.3 Å². The number of rotatable bonds is 5. The Labute approximate surface area is 145 Å². The number of ether oxygens (including phenoxy) is 3. The molecule has 132 valence electrons. The van der Waals surface area contributed by atoms with Crippen molar-refractivity contribution in [2.45, 2.75) is 36.4 Å². The van der Waals surface area contributed by atoms with E-state index in [0.29, 0.717) is 11.8 Å². The molecule has 0 aliphatic carbocycles. The van der Waals surface area contributed by atoms with E-state index in [2.05, 4.69) is 10.3 Å². The average Bonchev–Trinajstić information content (AvgIpc) is 3.03. The van der Waals surface area contributed by atoms with Crippen LogP contribution in [0.25, 0.3) is 0 Å². The van der Waals surface area contributed by atoms with Crippen LogP contribution in [-0.4, -0.2) is 65.9 Å². The van der Waals surface area contributed by atoms with Crippen molar-refractivity contribution in [3.05, 3.63) is 29.8 Å². The maximum absolute atomic E-state index is 10.3. The summed E-state index contributed by atoms with van der Waals surface area (Å²) in [5, 5.41) is 24.3. The van der Waals surface area contributed by atoms with Crippen molar-refractivity contribution in [2.24, 2.45) is 4.99 Å². The number of aliphatic hydroxyl groups is 2. The van der Waals surface area contributed by atoms with Crippen molar-refractivity contribution < 1.29 is 24.4 Å². The van der Waals surface area contributed by atoms with Crippen molar-refractivity contribution in [3.63, 3.8) is 0 Å². The van der Waals surface area contributed by atoms with Gasteiger partial charge in [0.05, 0.1) is 26.4 Å². The third-order valence-electron chi connectivity index (χ3n) is 4.13. The van der Waals surface area contributed by atoms with E-state index in [1.54, 1.807) is 14.2 Å². The van der Waals surface area contributed by atoms with E-state index in [4.69, 9.17) is 14.2 Å². The number of methoxy groups -OCH3 is 1. The summed E-state index contributed by atoms with van der Waals surface area (Å²) in [5.74, 6) is 0.790. The zero-order chi connectivity index (χ0) is 17.1. The molecule has 8 heteroatoms. The minimum atomic E-state index is -1.01. The molecule has 1 aromatic rings. The Bertz CT molecular complexity index is 582. The first-order valence-corrected chi connectivity index (χ1v) is 8.62. The van der Waals surface area contributed by atoms with Gasteiger partial charge in [-0.1, -0.05) is 23.9 Å². The van der Waals surface area contributed by atoms with Crippen LogP contribution >= 0.6 is 11.8 Å². The van der Waals surface area contributed by atoms with Crippen molar-refractivity contribution >= 4 is 16.9 Å². The molecule has 0 amide bonds. The summed E-state index contributed by atoms with van der Waals surface area (Å²) < 4.78 is 16.6. The van der Waals surface area contributed by atoms with Gasteiger partial charge in [-0.15, -0.1) is 0 Å². The molecule has 0 aromatic heterocycles. The number of aliphatic hydroxyl groups excluding tert-OH is 2. The lowest BCUT2D eigenvalue weighted by Gasteiger charge is -2.38. The SMILES string of the molecule is CN=C1N[C@@H]2[C@@H](O)[C@H](O)[C@@H](COCc3ccc(OC)cc3)O[C@@H]2S1. The van der Waals surface area contributed by atoms with Crippen LogP contribution in [0.1, 0.15) is 5.56 Å². The second kappa shape index (κ2) is 7.71. The van der Waals surface area contributed by atoms with Crippen LogP contribution < -0.4 is 10.1 Å². The van der Waals surface area contributed by atoms with E-state index in [1.165, 1.54) is 11.8 Å². The fourth-order valence-electron chi connectivity index (χ4n) is 2.74. The number of hydrogen-bond donors (Lipinski definition) is 3. The van der Waals surface area contributed by atoms with Gasteiger partial charge in [0, 0.05) is 7.05 Å². The second-order valence-corrected chi connectivity index (χ2v) is 6.79. The summed E-state index contributed by atoms with van der Waals surface area (Å²) in [6, 6.07) is 7.21. The number of fused-ring (bicyclic) bond motifs is 1. The maximum Gasteiger partial charge on any atom is 0.159 e. The summed E-state index contributed by atoms with van der Waals surface area (Å²) in [4.78, 5) is 4.07.